The van der Waals surface area contributed by atoms with Crippen LogP contribution in [-0.4, -0.2) is 16.1 Å². The zero-order chi connectivity index (χ0) is 14.1. The third-order valence-corrected chi connectivity index (χ3v) is 3.42. The summed E-state index contributed by atoms with van der Waals surface area (Å²) in [6.07, 6.45) is 3.46. The summed E-state index contributed by atoms with van der Waals surface area (Å²) in [6, 6.07) is 12.5. The van der Waals surface area contributed by atoms with Gasteiger partial charge in [-0.15, -0.1) is 0 Å². The van der Waals surface area contributed by atoms with E-state index in [-0.39, 0.29) is 5.56 Å². The predicted molar refractivity (Wildman–Crippen MR) is 79.1 cm³/mol. The molecular formula is C16H10ClNO2. The Bertz CT molecular complexity index is 809. The lowest BCUT2D eigenvalue weighted by atomic mass is 9.95. The number of fused-ring (bicyclic) bond motifs is 1. The molecule has 1 heterocycles. The van der Waals surface area contributed by atoms with Gasteiger partial charge in [-0.25, -0.2) is 4.79 Å². The second kappa shape index (κ2) is 4.94. The average Bonchev–Trinajstić information content (AvgIpc) is 2.46. The van der Waals surface area contributed by atoms with Crippen molar-refractivity contribution in [2.24, 2.45) is 0 Å². The smallest absolute Gasteiger partial charge is 0.336 e. The van der Waals surface area contributed by atoms with E-state index in [1.54, 1.807) is 24.5 Å². The number of carboxylic acid groups (broad SMARTS) is 1. The molecule has 0 radical (unpaired) electrons. The van der Waals surface area contributed by atoms with Crippen LogP contribution in [0.1, 0.15) is 10.4 Å². The van der Waals surface area contributed by atoms with Crippen LogP contribution in [0, 0.1) is 0 Å². The largest absolute Gasteiger partial charge is 0.478 e. The maximum Gasteiger partial charge on any atom is 0.336 e. The Morgan fingerprint density at radius 3 is 2.75 bits per heavy atom. The molecule has 20 heavy (non-hydrogen) atoms. The van der Waals surface area contributed by atoms with Crippen molar-refractivity contribution < 1.29 is 9.90 Å². The lowest BCUT2D eigenvalue weighted by molar-refractivity contribution is 0.0698. The second-order valence-corrected chi connectivity index (χ2v) is 4.83. The van der Waals surface area contributed by atoms with Crippen molar-refractivity contribution in [1.82, 2.24) is 4.98 Å². The molecule has 0 unspecified atom stereocenters. The van der Waals surface area contributed by atoms with Crippen molar-refractivity contribution >= 4 is 28.3 Å². The standard InChI is InChI=1S/C16H10ClNO2/c17-11-4-5-14(15(8-11)16(19)20)13-3-1-2-10-9-18-7-6-12(10)13/h1-9H,(H,19,20). The first-order valence-corrected chi connectivity index (χ1v) is 6.40. The Hall–Kier alpha value is -2.39. The van der Waals surface area contributed by atoms with E-state index in [1.807, 2.05) is 24.3 Å². The Kier molecular flexibility index (Phi) is 3.12. The van der Waals surface area contributed by atoms with E-state index in [9.17, 15) is 9.90 Å². The third kappa shape index (κ3) is 2.12. The fraction of sp³-hybridized carbons (Fsp3) is 0. The summed E-state index contributed by atoms with van der Waals surface area (Å²) in [4.78, 5) is 15.5. The first-order valence-electron chi connectivity index (χ1n) is 6.03. The van der Waals surface area contributed by atoms with Crippen molar-refractivity contribution in [3.8, 4) is 11.1 Å². The Morgan fingerprint density at radius 2 is 1.95 bits per heavy atom. The van der Waals surface area contributed by atoms with E-state index in [0.717, 1.165) is 16.3 Å². The molecule has 0 aliphatic heterocycles. The Labute approximate surface area is 120 Å². The normalized spacial score (nSPS) is 10.7. The topological polar surface area (TPSA) is 50.2 Å². The number of rotatable bonds is 2. The van der Waals surface area contributed by atoms with E-state index in [0.29, 0.717) is 10.6 Å². The molecule has 0 saturated carbocycles. The van der Waals surface area contributed by atoms with E-state index in [4.69, 9.17) is 11.6 Å². The summed E-state index contributed by atoms with van der Waals surface area (Å²) >= 11 is 5.89. The number of nitrogens with zero attached hydrogens (tertiary/aromatic N) is 1. The van der Waals surface area contributed by atoms with E-state index >= 15 is 0 Å². The van der Waals surface area contributed by atoms with E-state index < -0.39 is 5.97 Å². The van der Waals surface area contributed by atoms with Crippen molar-refractivity contribution in [1.29, 1.82) is 0 Å². The summed E-state index contributed by atoms with van der Waals surface area (Å²) in [6.45, 7) is 0. The molecule has 0 amide bonds. The first kappa shape index (κ1) is 12.6. The average molecular weight is 284 g/mol. The maximum atomic E-state index is 11.4. The molecular weight excluding hydrogens is 274 g/mol. The summed E-state index contributed by atoms with van der Waals surface area (Å²) in [5, 5.41) is 11.7. The van der Waals surface area contributed by atoms with Crippen LogP contribution in [0.2, 0.25) is 5.02 Å². The van der Waals surface area contributed by atoms with Crippen LogP contribution in [0.5, 0.6) is 0 Å². The monoisotopic (exact) mass is 283 g/mol. The number of aromatic carboxylic acids is 1. The number of aromatic nitrogens is 1. The molecule has 3 aromatic rings. The number of carboxylic acids is 1. The summed E-state index contributed by atoms with van der Waals surface area (Å²) in [7, 11) is 0. The summed E-state index contributed by atoms with van der Waals surface area (Å²) in [5.41, 5.74) is 1.71. The second-order valence-electron chi connectivity index (χ2n) is 4.40. The van der Waals surface area contributed by atoms with Gasteiger partial charge in [0.2, 0.25) is 0 Å². The van der Waals surface area contributed by atoms with Crippen molar-refractivity contribution in [2.75, 3.05) is 0 Å². The molecule has 0 atom stereocenters. The van der Waals surface area contributed by atoms with E-state index in [2.05, 4.69) is 4.98 Å². The molecule has 1 N–H and O–H groups in total. The van der Waals surface area contributed by atoms with Gasteiger partial charge < -0.3 is 5.11 Å². The van der Waals surface area contributed by atoms with Crippen LogP contribution in [0.25, 0.3) is 21.9 Å². The van der Waals surface area contributed by atoms with E-state index in [1.165, 1.54) is 6.07 Å². The lowest BCUT2D eigenvalue weighted by Gasteiger charge is -2.10. The predicted octanol–water partition coefficient (Wildman–Crippen LogP) is 4.25. The van der Waals surface area contributed by atoms with Crippen molar-refractivity contribution in [2.45, 2.75) is 0 Å². The van der Waals surface area contributed by atoms with Gasteiger partial charge in [-0.3, -0.25) is 4.98 Å². The van der Waals surface area contributed by atoms with Crippen LogP contribution in [0.3, 0.4) is 0 Å². The summed E-state index contributed by atoms with van der Waals surface area (Å²) in [5.74, 6) is -0.992. The molecule has 0 fully saturated rings. The molecule has 0 saturated heterocycles. The van der Waals surface area contributed by atoms with Gasteiger partial charge in [-0.1, -0.05) is 35.9 Å². The zero-order valence-corrected chi connectivity index (χ0v) is 11.1. The molecule has 0 bridgehead atoms. The number of halogens is 1. The molecule has 3 nitrogen and oxygen atoms in total. The van der Waals surface area contributed by atoms with Gasteiger partial charge >= 0.3 is 5.97 Å². The Morgan fingerprint density at radius 1 is 1.10 bits per heavy atom. The Balaban J connectivity index is 2.34. The van der Waals surface area contributed by atoms with Gasteiger partial charge in [0.1, 0.15) is 0 Å². The van der Waals surface area contributed by atoms with Gasteiger partial charge in [0.25, 0.3) is 0 Å². The molecule has 3 rings (SSSR count). The number of hydrogen-bond donors (Lipinski definition) is 1. The summed E-state index contributed by atoms with van der Waals surface area (Å²) < 4.78 is 0. The third-order valence-electron chi connectivity index (χ3n) is 3.18. The molecule has 0 spiro atoms. The quantitative estimate of drug-likeness (QED) is 0.765. The van der Waals surface area contributed by atoms with Crippen LogP contribution >= 0.6 is 11.6 Å². The highest BCUT2D eigenvalue weighted by atomic mass is 35.5. The fourth-order valence-electron chi connectivity index (χ4n) is 2.29. The molecule has 4 heteroatoms. The van der Waals surface area contributed by atoms with Crippen LogP contribution < -0.4 is 0 Å². The minimum atomic E-state index is -0.992. The van der Waals surface area contributed by atoms with Gasteiger partial charge in [-0.05, 0) is 34.7 Å². The molecule has 0 aliphatic carbocycles. The highest BCUT2D eigenvalue weighted by Gasteiger charge is 2.14. The first-order chi connectivity index (χ1) is 9.66. The van der Waals surface area contributed by atoms with Crippen LogP contribution in [0.4, 0.5) is 0 Å². The van der Waals surface area contributed by atoms with Crippen LogP contribution in [-0.2, 0) is 0 Å². The van der Waals surface area contributed by atoms with Gasteiger partial charge in [0.05, 0.1) is 5.56 Å². The SMILES string of the molecule is O=C(O)c1cc(Cl)ccc1-c1cccc2cnccc12. The molecule has 2 aromatic carbocycles. The highest BCUT2D eigenvalue weighted by Crippen LogP contribution is 2.32. The minimum Gasteiger partial charge on any atom is -0.478 e. The van der Waals surface area contributed by atoms with Gasteiger partial charge in [0.15, 0.2) is 0 Å². The number of pyridine rings is 1. The molecule has 1 aromatic heterocycles. The zero-order valence-electron chi connectivity index (χ0n) is 10.4. The van der Waals surface area contributed by atoms with Crippen LogP contribution in [0.15, 0.2) is 54.9 Å². The number of hydrogen-bond acceptors (Lipinski definition) is 2. The van der Waals surface area contributed by atoms with Gasteiger partial charge in [-0.2, -0.15) is 0 Å². The number of carbonyl (C=O) groups is 1. The van der Waals surface area contributed by atoms with Crippen molar-refractivity contribution in [3.05, 3.63) is 65.4 Å². The number of benzene rings is 2. The lowest BCUT2D eigenvalue weighted by Crippen LogP contribution is -1.99. The van der Waals surface area contributed by atoms with Gasteiger partial charge in [0, 0.05) is 22.8 Å². The highest BCUT2D eigenvalue weighted by molar-refractivity contribution is 6.31. The van der Waals surface area contributed by atoms with Crippen molar-refractivity contribution in [3.63, 3.8) is 0 Å². The molecule has 0 aliphatic rings. The molecule has 98 valence electrons. The maximum absolute atomic E-state index is 11.4. The minimum absolute atomic E-state index is 0.196. The fourth-order valence-corrected chi connectivity index (χ4v) is 2.46.